The van der Waals surface area contributed by atoms with Crippen molar-refractivity contribution in [2.75, 3.05) is 18.5 Å². The van der Waals surface area contributed by atoms with E-state index in [0.717, 1.165) is 12.2 Å². The van der Waals surface area contributed by atoms with Crippen LogP contribution in [0.3, 0.4) is 0 Å². The van der Waals surface area contributed by atoms with Crippen molar-refractivity contribution in [1.29, 1.82) is 0 Å². The monoisotopic (exact) mass is 252 g/mol. The van der Waals surface area contributed by atoms with Crippen molar-refractivity contribution in [3.63, 3.8) is 0 Å². The van der Waals surface area contributed by atoms with Crippen LogP contribution >= 0.6 is 0 Å². The van der Waals surface area contributed by atoms with Gasteiger partial charge < -0.3 is 15.7 Å². The molecule has 1 aromatic carbocycles. The highest BCUT2D eigenvalue weighted by molar-refractivity contribution is 5.87. The lowest BCUT2D eigenvalue weighted by atomic mass is 10.1. The fraction of sp³-hybridized carbons (Fsp3) is 0.167. The highest BCUT2D eigenvalue weighted by Crippen LogP contribution is 2.23. The van der Waals surface area contributed by atoms with E-state index >= 15 is 0 Å². The van der Waals surface area contributed by atoms with Crippen molar-refractivity contribution >= 4 is 23.6 Å². The average Bonchev–Trinajstić information content (AvgIpc) is 2.25. The van der Waals surface area contributed by atoms with Crippen LogP contribution in [0.1, 0.15) is 5.56 Å². The van der Waals surface area contributed by atoms with E-state index in [9.17, 15) is 14.0 Å². The molecule has 3 N–H and O–H groups in total. The van der Waals surface area contributed by atoms with Crippen molar-refractivity contribution in [1.82, 2.24) is 0 Å². The maximum absolute atomic E-state index is 13.6. The summed E-state index contributed by atoms with van der Waals surface area (Å²) in [6.45, 7) is -0.0859. The molecule has 0 fully saturated rings. The Morgan fingerprint density at radius 3 is 2.72 bits per heavy atom. The number of primary amides is 1. The van der Waals surface area contributed by atoms with Crippen LogP contribution in [0.4, 0.5) is 10.1 Å². The lowest BCUT2D eigenvalue weighted by molar-refractivity contribution is -0.131. The van der Waals surface area contributed by atoms with Crippen molar-refractivity contribution in [2.45, 2.75) is 0 Å². The number of benzene rings is 1. The third-order valence-corrected chi connectivity index (χ3v) is 2.23. The summed E-state index contributed by atoms with van der Waals surface area (Å²) >= 11 is 0. The van der Waals surface area contributed by atoms with E-state index in [1.165, 1.54) is 17.0 Å². The number of amides is 1. The largest absolute Gasteiger partial charge is 0.478 e. The molecule has 0 unspecified atom stereocenters. The van der Waals surface area contributed by atoms with Gasteiger partial charge in [-0.15, -0.1) is 0 Å². The second kappa shape index (κ2) is 5.81. The maximum Gasteiger partial charge on any atom is 0.328 e. The third kappa shape index (κ3) is 3.58. The number of halogens is 1. The van der Waals surface area contributed by atoms with Gasteiger partial charge in [0.05, 0.1) is 6.54 Å². The first-order chi connectivity index (χ1) is 8.41. The summed E-state index contributed by atoms with van der Waals surface area (Å²) in [6.07, 6.45) is 1.98. The Morgan fingerprint density at radius 2 is 2.17 bits per heavy atom. The minimum Gasteiger partial charge on any atom is -0.478 e. The normalized spacial score (nSPS) is 10.6. The molecule has 1 aromatic rings. The Balaban J connectivity index is 3.14. The predicted molar refractivity (Wildman–Crippen MR) is 65.5 cm³/mol. The standard InChI is InChI=1S/C12H13FN2O3/c1-15(7-11(14)16)10-4-2-3-9(13)8(10)5-6-12(17)18/h2-6H,7H2,1H3,(H2,14,16)(H,17,18)/b6-5+. The number of carboxylic acid groups (broad SMARTS) is 1. The molecule has 0 spiro atoms. The Morgan fingerprint density at radius 1 is 1.50 bits per heavy atom. The van der Waals surface area contributed by atoms with Crippen molar-refractivity contribution in [2.24, 2.45) is 5.73 Å². The second-order valence-corrected chi connectivity index (χ2v) is 3.67. The summed E-state index contributed by atoms with van der Waals surface area (Å²) in [6, 6.07) is 4.26. The molecule has 6 heteroatoms. The fourth-order valence-corrected chi connectivity index (χ4v) is 1.50. The van der Waals surface area contributed by atoms with Gasteiger partial charge in [-0.2, -0.15) is 0 Å². The predicted octanol–water partition coefficient (Wildman–Crippen LogP) is 0.845. The molecule has 0 aromatic heterocycles. The molecule has 5 nitrogen and oxygen atoms in total. The number of nitrogens with two attached hydrogens (primary N) is 1. The number of likely N-dealkylation sites (N-methyl/N-ethyl adjacent to an activating group) is 1. The van der Waals surface area contributed by atoms with Crippen LogP contribution in [0, 0.1) is 5.82 Å². The van der Waals surface area contributed by atoms with E-state index in [1.54, 1.807) is 13.1 Å². The van der Waals surface area contributed by atoms with Gasteiger partial charge in [0.1, 0.15) is 5.82 Å². The molecule has 0 atom stereocenters. The Labute approximate surface area is 103 Å². The van der Waals surface area contributed by atoms with Gasteiger partial charge in [-0.05, 0) is 18.2 Å². The Bertz CT molecular complexity index is 500. The summed E-state index contributed by atoms with van der Waals surface area (Å²) in [7, 11) is 1.57. The SMILES string of the molecule is CN(CC(N)=O)c1cccc(F)c1/C=C/C(=O)O. The minimum atomic E-state index is -1.18. The van der Waals surface area contributed by atoms with Crippen LogP contribution in [0.25, 0.3) is 6.08 Å². The van der Waals surface area contributed by atoms with Crippen LogP contribution in [-0.2, 0) is 9.59 Å². The number of carbonyl (C=O) groups excluding carboxylic acids is 1. The van der Waals surface area contributed by atoms with Gasteiger partial charge >= 0.3 is 5.97 Å². The molecule has 0 radical (unpaired) electrons. The van der Waals surface area contributed by atoms with Crippen molar-refractivity contribution in [3.05, 3.63) is 35.7 Å². The van der Waals surface area contributed by atoms with E-state index < -0.39 is 17.7 Å². The number of hydrogen-bond acceptors (Lipinski definition) is 3. The number of aliphatic carboxylic acids is 1. The van der Waals surface area contributed by atoms with Crippen LogP contribution in [0.15, 0.2) is 24.3 Å². The summed E-state index contributed by atoms with van der Waals surface area (Å²) in [5, 5.41) is 8.54. The van der Waals surface area contributed by atoms with E-state index in [-0.39, 0.29) is 12.1 Å². The van der Waals surface area contributed by atoms with Crippen LogP contribution < -0.4 is 10.6 Å². The fourth-order valence-electron chi connectivity index (χ4n) is 1.50. The molecular weight excluding hydrogens is 239 g/mol. The first kappa shape index (κ1) is 13.7. The molecule has 0 aliphatic carbocycles. The minimum absolute atomic E-state index is 0.0859. The van der Waals surface area contributed by atoms with Gasteiger partial charge in [0.25, 0.3) is 0 Å². The molecule has 18 heavy (non-hydrogen) atoms. The van der Waals surface area contributed by atoms with E-state index in [1.807, 2.05) is 0 Å². The lowest BCUT2D eigenvalue weighted by Crippen LogP contribution is -2.31. The second-order valence-electron chi connectivity index (χ2n) is 3.67. The van der Waals surface area contributed by atoms with Crippen molar-refractivity contribution < 1.29 is 19.1 Å². The van der Waals surface area contributed by atoms with Crippen molar-refractivity contribution in [3.8, 4) is 0 Å². The number of rotatable bonds is 5. The molecule has 1 amide bonds. The molecule has 0 heterocycles. The van der Waals surface area contributed by atoms with Crippen LogP contribution in [0.5, 0.6) is 0 Å². The van der Waals surface area contributed by atoms with Gasteiger partial charge in [0.15, 0.2) is 0 Å². The van der Waals surface area contributed by atoms with E-state index in [0.29, 0.717) is 5.69 Å². The summed E-state index contributed by atoms with van der Waals surface area (Å²) in [5.74, 6) is -2.31. The number of carbonyl (C=O) groups is 2. The lowest BCUT2D eigenvalue weighted by Gasteiger charge is -2.19. The smallest absolute Gasteiger partial charge is 0.328 e. The molecule has 0 saturated carbocycles. The molecule has 96 valence electrons. The number of carboxylic acids is 1. The van der Waals surface area contributed by atoms with Gasteiger partial charge in [-0.3, -0.25) is 4.79 Å². The van der Waals surface area contributed by atoms with Crippen LogP contribution in [0.2, 0.25) is 0 Å². The van der Waals surface area contributed by atoms with E-state index in [2.05, 4.69) is 0 Å². The summed E-state index contributed by atoms with van der Waals surface area (Å²) < 4.78 is 13.6. The van der Waals surface area contributed by atoms with Crippen LogP contribution in [-0.4, -0.2) is 30.6 Å². The zero-order valence-corrected chi connectivity index (χ0v) is 9.76. The zero-order valence-electron chi connectivity index (χ0n) is 9.76. The molecule has 0 bridgehead atoms. The number of anilines is 1. The average molecular weight is 252 g/mol. The molecule has 0 aliphatic rings. The van der Waals surface area contributed by atoms with Gasteiger partial charge in [0, 0.05) is 24.4 Å². The van der Waals surface area contributed by atoms with Gasteiger partial charge in [-0.1, -0.05) is 6.07 Å². The molecule has 0 saturated heterocycles. The third-order valence-electron chi connectivity index (χ3n) is 2.23. The zero-order chi connectivity index (χ0) is 13.7. The first-order valence-electron chi connectivity index (χ1n) is 5.10. The highest BCUT2D eigenvalue weighted by atomic mass is 19.1. The highest BCUT2D eigenvalue weighted by Gasteiger charge is 2.11. The first-order valence-corrected chi connectivity index (χ1v) is 5.10. The van der Waals surface area contributed by atoms with E-state index in [4.69, 9.17) is 10.8 Å². The number of hydrogen-bond donors (Lipinski definition) is 2. The molecule has 0 aliphatic heterocycles. The topological polar surface area (TPSA) is 83.6 Å². The Kier molecular flexibility index (Phi) is 4.42. The quantitative estimate of drug-likeness (QED) is 0.761. The summed E-state index contributed by atoms with van der Waals surface area (Å²) in [5.41, 5.74) is 5.55. The molecular formula is C12H13FN2O3. The molecule has 1 rings (SSSR count). The van der Waals surface area contributed by atoms with Gasteiger partial charge in [-0.25, -0.2) is 9.18 Å². The number of nitrogens with zero attached hydrogens (tertiary/aromatic N) is 1. The van der Waals surface area contributed by atoms with Gasteiger partial charge in [0.2, 0.25) is 5.91 Å². The Hall–Kier alpha value is -2.37. The summed E-state index contributed by atoms with van der Waals surface area (Å²) in [4.78, 5) is 22.7. The maximum atomic E-state index is 13.6.